The van der Waals surface area contributed by atoms with E-state index in [-0.39, 0.29) is 0 Å². The lowest BCUT2D eigenvalue weighted by Gasteiger charge is -2.26. The second-order valence-corrected chi connectivity index (χ2v) is 16.2. The van der Waals surface area contributed by atoms with Crippen molar-refractivity contribution in [3.05, 3.63) is 188 Å². The molecule has 0 amide bonds. The summed E-state index contributed by atoms with van der Waals surface area (Å²) in [6.07, 6.45) is 0. The average Bonchev–Trinajstić information content (AvgIpc) is 4.07. The van der Waals surface area contributed by atoms with E-state index >= 15 is 0 Å². The standard InChI is InChI=1S/C54H31NO3S/c1-2-13-32(14-3-1)33-27-29-34(30-28-33)55(44-23-12-20-39-36-16-6-9-26-48(36)59-54(39)44)43-22-11-19-38-42-31-47-49(40-17-5-8-25-46(40)56-47)50(53(42)58-52(38)43)41-21-10-18-37-35-15-4-7-24-45(35)57-51(37)41/h1-31H. The van der Waals surface area contributed by atoms with Crippen LogP contribution in [0, 0.1) is 0 Å². The zero-order chi connectivity index (χ0) is 38.6. The van der Waals surface area contributed by atoms with Crippen LogP contribution in [0.3, 0.4) is 0 Å². The predicted octanol–water partition coefficient (Wildman–Crippen LogP) is 16.6. The summed E-state index contributed by atoms with van der Waals surface area (Å²) in [4.78, 5) is 2.37. The van der Waals surface area contributed by atoms with Gasteiger partial charge in [-0.1, -0.05) is 140 Å². The Kier molecular flexibility index (Phi) is 6.85. The lowest BCUT2D eigenvalue weighted by Crippen LogP contribution is -2.10. The molecule has 5 heteroatoms. The minimum atomic E-state index is 0.791. The highest BCUT2D eigenvalue weighted by Gasteiger charge is 2.27. The fraction of sp³-hybridized carbons (Fsp3) is 0. The van der Waals surface area contributed by atoms with Crippen molar-refractivity contribution in [3.63, 3.8) is 0 Å². The molecule has 59 heavy (non-hydrogen) atoms. The van der Waals surface area contributed by atoms with Crippen molar-refractivity contribution in [2.75, 3.05) is 4.90 Å². The highest BCUT2D eigenvalue weighted by molar-refractivity contribution is 7.26. The molecule has 0 spiro atoms. The Balaban J connectivity index is 1.13. The molecule has 0 unspecified atom stereocenters. The van der Waals surface area contributed by atoms with Crippen molar-refractivity contribution in [1.29, 1.82) is 0 Å². The van der Waals surface area contributed by atoms with Crippen LogP contribution in [-0.4, -0.2) is 0 Å². The first-order valence-corrected chi connectivity index (χ1v) is 20.6. The molecular weight excluding hydrogens is 743 g/mol. The van der Waals surface area contributed by atoms with Crippen molar-refractivity contribution in [3.8, 4) is 22.3 Å². The Morgan fingerprint density at radius 2 is 1.00 bits per heavy atom. The molecule has 0 aliphatic carbocycles. The van der Waals surface area contributed by atoms with E-state index in [4.69, 9.17) is 13.3 Å². The van der Waals surface area contributed by atoms with Crippen LogP contribution in [-0.2, 0) is 0 Å². The van der Waals surface area contributed by atoms with Gasteiger partial charge in [0, 0.05) is 64.6 Å². The maximum absolute atomic E-state index is 7.38. The molecule has 13 aromatic rings. The number of hydrogen-bond donors (Lipinski definition) is 0. The number of fused-ring (bicyclic) bond motifs is 12. The van der Waals surface area contributed by atoms with Crippen molar-refractivity contribution in [2.24, 2.45) is 0 Å². The second kappa shape index (κ2) is 12.4. The summed E-state index contributed by atoms with van der Waals surface area (Å²) in [6, 6.07) is 66.3. The van der Waals surface area contributed by atoms with Gasteiger partial charge in [-0.3, -0.25) is 0 Å². The molecule has 0 fully saturated rings. The third-order valence-electron chi connectivity index (χ3n) is 11.9. The summed E-state index contributed by atoms with van der Waals surface area (Å²) >= 11 is 1.83. The van der Waals surface area contributed by atoms with E-state index < -0.39 is 0 Å². The van der Waals surface area contributed by atoms with Crippen LogP contribution in [0.4, 0.5) is 17.1 Å². The van der Waals surface area contributed by atoms with Crippen molar-refractivity contribution in [2.45, 2.75) is 0 Å². The molecule has 0 bridgehead atoms. The molecule has 0 atom stereocenters. The molecule has 276 valence electrons. The largest absolute Gasteiger partial charge is 0.456 e. The molecule has 9 aromatic carbocycles. The van der Waals surface area contributed by atoms with Gasteiger partial charge in [0.05, 0.1) is 16.1 Å². The van der Waals surface area contributed by atoms with E-state index in [0.29, 0.717) is 0 Å². The molecule has 0 N–H and O–H groups in total. The lowest BCUT2D eigenvalue weighted by molar-refractivity contribution is 0.663. The van der Waals surface area contributed by atoms with Gasteiger partial charge in [-0.15, -0.1) is 11.3 Å². The van der Waals surface area contributed by atoms with Gasteiger partial charge in [-0.2, -0.15) is 0 Å². The Morgan fingerprint density at radius 1 is 0.373 bits per heavy atom. The molecule has 0 saturated carbocycles. The first-order valence-electron chi connectivity index (χ1n) is 19.8. The number of para-hydroxylation sites is 4. The molecule has 0 radical (unpaired) electrons. The van der Waals surface area contributed by atoms with E-state index in [1.54, 1.807) is 0 Å². The highest BCUT2D eigenvalue weighted by Crippen LogP contribution is 2.51. The van der Waals surface area contributed by atoms with Gasteiger partial charge in [0.2, 0.25) is 0 Å². The van der Waals surface area contributed by atoms with Gasteiger partial charge in [-0.25, -0.2) is 0 Å². The van der Waals surface area contributed by atoms with Gasteiger partial charge in [0.15, 0.2) is 5.58 Å². The van der Waals surface area contributed by atoms with Crippen LogP contribution >= 0.6 is 11.3 Å². The minimum Gasteiger partial charge on any atom is -0.456 e. The zero-order valence-electron chi connectivity index (χ0n) is 31.5. The first kappa shape index (κ1) is 32.5. The molecular formula is C54H31NO3S. The van der Waals surface area contributed by atoms with Gasteiger partial charge >= 0.3 is 0 Å². The van der Waals surface area contributed by atoms with Crippen LogP contribution in [0.15, 0.2) is 201 Å². The summed E-state index contributed by atoms with van der Waals surface area (Å²) < 4.78 is 23.2. The second-order valence-electron chi connectivity index (χ2n) is 15.1. The van der Waals surface area contributed by atoms with Gasteiger partial charge in [0.1, 0.15) is 27.9 Å². The smallest absolute Gasteiger partial charge is 0.159 e. The Hall–Kier alpha value is -7.60. The van der Waals surface area contributed by atoms with E-state index in [9.17, 15) is 0 Å². The van der Waals surface area contributed by atoms with Gasteiger partial charge in [-0.05, 0) is 59.7 Å². The van der Waals surface area contributed by atoms with E-state index in [2.05, 4.69) is 169 Å². The minimum absolute atomic E-state index is 0.791. The molecule has 0 saturated heterocycles. The summed E-state index contributed by atoms with van der Waals surface area (Å²) in [5.41, 5.74) is 12.2. The molecule has 4 aromatic heterocycles. The first-order chi connectivity index (χ1) is 29.3. The van der Waals surface area contributed by atoms with Crippen LogP contribution in [0.2, 0.25) is 0 Å². The average molecular weight is 774 g/mol. The number of anilines is 3. The molecule has 0 aliphatic heterocycles. The zero-order valence-corrected chi connectivity index (χ0v) is 32.3. The van der Waals surface area contributed by atoms with Gasteiger partial charge in [0.25, 0.3) is 0 Å². The lowest BCUT2D eigenvalue weighted by atomic mass is 9.95. The summed E-state index contributed by atoms with van der Waals surface area (Å²) in [5, 5.41) is 8.67. The van der Waals surface area contributed by atoms with E-state index in [1.807, 2.05) is 35.6 Å². The fourth-order valence-corrected chi connectivity index (χ4v) is 10.5. The fourth-order valence-electron chi connectivity index (χ4n) is 9.25. The third-order valence-corrected chi connectivity index (χ3v) is 13.1. The van der Waals surface area contributed by atoms with Crippen LogP contribution in [0.25, 0.3) is 108 Å². The number of hydrogen-bond acceptors (Lipinski definition) is 5. The maximum atomic E-state index is 7.38. The monoisotopic (exact) mass is 773 g/mol. The normalized spacial score (nSPS) is 12.1. The van der Waals surface area contributed by atoms with Crippen LogP contribution in [0.1, 0.15) is 0 Å². The van der Waals surface area contributed by atoms with Crippen LogP contribution in [0.5, 0.6) is 0 Å². The van der Waals surface area contributed by atoms with Crippen LogP contribution < -0.4 is 4.90 Å². The van der Waals surface area contributed by atoms with Gasteiger partial charge < -0.3 is 18.2 Å². The van der Waals surface area contributed by atoms with E-state index in [1.165, 1.54) is 25.7 Å². The number of furan rings is 3. The number of nitrogens with zero attached hydrogens (tertiary/aromatic N) is 1. The number of thiophene rings is 1. The molecule has 13 rings (SSSR count). The van der Waals surface area contributed by atoms with Crippen molar-refractivity contribution in [1.82, 2.24) is 0 Å². The van der Waals surface area contributed by atoms with E-state index in [0.717, 1.165) is 99.6 Å². The topological polar surface area (TPSA) is 42.7 Å². The van der Waals surface area contributed by atoms with Crippen molar-refractivity contribution < 1.29 is 13.3 Å². The summed E-state index contributed by atoms with van der Waals surface area (Å²) in [5.74, 6) is 0. The maximum Gasteiger partial charge on any atom is 0.159 e. The SMILES string of the molecule is c1ccc(-c2ccc(N(c3cccc4c3oc3c(-c5cccc6c5oc5ccccc56)c5c(cc34)oc3ccccc35)c3cccc4c3sc3ccccc34)cc2)cc1. The third kappa shape index (κ3) is 4.77. The molecule has 4 heterocycles. The number of rotatable bonds is 5. The quantitative estimate of drug-likeness (QED) is 0.175. The Bertz CT molecular complexity index is 3790. The summed E-state index contributed by atoms with van der Waals surface area (Å²) in [7, 11) is 0. The summed E-state index contributed by atoms with van der Waals surface area (Å²) in [6.45, 7) is 0. The molecule has 0 aliphatic rings. The molecule has 4 nitrogen and oxygen atoms in total. The predicted molar refractivity (Wildman–Crippen MR) is 247 cm³/mol. The highest BCUT2D eigenvalue weighted by atomic mass is 32.1. The van der Waals surface area contributed by atoms with Crippen molar-refractivity contribution >= 4 is 114 Å². The number of benzene rings is 9. The Labute approximate surface area is 341 Å². The Morgan fingerprint density at radius 3 is 1.83 bits per heavy atom.